The quantitative estimate of drug-likeness (QED) is 0.407. The highest BCUT2D eigenvalue weighted by Crippen LogP contribution is 2.44. The molecule has 0 radical (unpaired) electrons. The Kier molecular flexibility index (Phi) is 4.50. The zero-order valence-corrected chi connectivity index (χ0v) is 15.9. The molecule has 25 heavy (non-hydrogen) atoms. The molecule has 0 aromatic carbocycles. The fraction of sp³-hybridized carbons (Fsp3) is 0.733. The van der Waals surface area contributed by atoms with Gasteiger partial charge in [-0.25, -0.2) is 9.97 Å². The standard InChI is InChI=1S/C15H22ClN5O3S/c1-4-5-25-14-17-12(16)9-13(18-14)21(20-19-9)7-6-8(22)11-10(7)23-15(2,3)24-11/h7-8,10-11,19-20,22H,4-6H2,1-3H3/t7-,8+,10+,11-/m1/s1. The van der Waals surface area contributed by atoms with E-state index in [0.717, 1.165) is 12.2 Å². The molecular formula is C15H22ClN5O3S. The van der Waals surface area contributed by atoms with Gasteiger partial charge in [-0.15, -0.1) is 5.53 Å². The van der Waals surface area contributed by atoms with Crippen molar-refractivity contribution in [2.75, 3.05) is 16.2 Å². The first-order valence-corrected chi connectivity index (χ1v) is 9.81. The normalized spacial score (nSPS) is 32.6. The van der Waals surface area contributed by atoms with E-state index in [1.54, 1.807) is 11.8 Å². The molecular weight excluding hydrogens is 366 g/mol. The van der Waals surface area contributed by atoms with E-state index in [0.29, 0.717) is 28.2 Å². The van der Waals surface area contributed by atoms with Crippen molar-refractivity contribution >= 4 is 34.9 Å². The lowest BCUT2D eigenvalue weighted by molar-refractivity contribution is -0.163. The molecule has 1 aromatic heterocycles. The fourth-order valence-corrected chi connectivity index (χ4v) is 4.49. The Bertz CT molecular complexity index is 679. The molecule has 3 N–H and O–H groups in total. The number of aliphatic hydroxyl groups excluding tert-OH is 1. The van der Waals surface area contributed by atoms with E-state index >= 15 is 0 Å². The lowest BCUT2D eigenvalue weighted by Gasteiger charge is -2.29. The van der Waals surface area contributed by atoms with Crippen LogP contribution < -0.4 is 16.0 Å². The summed E-state index contributed by atoms with van der Waals surface area (Å²) in [4.78, 5) is 8.97. The second-order valence-corrected chi connectivity index (χ2v) is 8.31. The summed E-state index contributed by atoms with van der Waals surface area (Å²) in [5, 5.41) is 13.3. The number of nitrogens with zero attached hydrogens (tertiary/aromatic N) is 3. The van der Waals surface area contributed by atoms with Crippen molar-refractivity contribution in [3.63, 3.8) is 0 Å². The topological polar surface area (TPSA) is 91.8 Å². The molecule has 4 rings (SSSR count). The van der Waals surface area contributed by atoms with Gasteiger partial charge in [0, 0.05) is 12.2 Å². The van der Waals surface area contributed by atoms with Gasteiger partial charge in [-0.3, -0.25) is 10.4 Å². The van der Waals surface area contributed by atoms with E-state index in [1.165, 1.54) is 0 Å². The molecule has 1 aliphatic carbocycles. The third-order valence-corrected chi connectivity index (χ3v) is 5.85. The van der Waals surface area contributed by atoms with Crippen LogP contribution in [-0.4, -0.2) is 51.0 Å². The Morgan fingerprint density at radius 3 is 2.88 bits per heavy atom. The molecule has 0 unspecified atom stereocenters. The van der Waals surface area contributed by atoms with Crippen LogP contribution in [0, 0.1) is 0 Å². The van der Waals surface area contributed by atoms with Crippen molar-refractivity contribution in [3.05, 3.63) is 5.15 Å². The monoisotopic (exact) mass is 387 g/mol. The predicted octanol–water partition coefficient (Wildman–Crippen LogP) is 1.94. The smallest absolute Gasteiger partial charge is 0.191 e. The molecule has 3 heterocycles. The molecule has 138 valence electrons. The van der Waals surface area contributed by atoms with Gasteiger partial charge in [-0.05, 0) is 20.3 Å². The van der Waals surface area contributed by atoms with Crippen LogP contribution in [0.1, 0.15) is 33.6 Å². The molecule has 0 bridgehead atoms. The van der Waals surface area contributed by atoms with Crippen molar-refractivity contribution in [2.45, 2.75) is 68.9 Å². The zero-order chi connectivity index (χ0) is 17.8. The SMILES string of the molecule is CCCSc1nc(Cl)c2c(n1)N([C@@H]1C[C@H](O)[C@H]3OC(C)(C)O[C@H]31)NN2. The van der Waals surface area contributed by atoms with Gasteiger partial charge in [-0.1, -0.05) is 30.3 Å². The summed E-state index contributed by atoms with van der Waals surface area (Å²) in [5.74, 6) is 0.884. The highest BCUT2D eigenvalue weighted by atomic mass is 35.5. The summed E-state index contributed by atoms with van der Waals surface area (Å²) in [6.07, 6.45) is 0.345. The maximum Gasteiger partial charge on any atom is 0.191 e. The number of fused-ring (bicyclic) bond motifs is 2. The number of hydrogen-bond acceptors (Lipinski definition) is 9. The van der Waals surface area contributed by atoms with Crippen LogP contribution in [0.5, 0.6) is 0 Å². The summed E-state index contributed by atoms with van der Waals surface area (Å²) in [7, 11) is 0. The van der Waals surface area contributed by atoms with Gasteiger partial charge in [0.2, 0.25) is 0 Å². The van der Waals surface area contributed by atoms with Crippen LogP contribution in [0.3, 0.4) is 0 Å². The number of aromatic nitrogens is 2. The average molecular weight is 388 g/mol. The predicted molar refractivity (Wildman–Crippen MR) is 95.5 cm³/mol. The maximum absolute atomic E-state index is 10.4. The second kappa shape index (κ2) is 6.40. The van der Waals surface area contributed by atoms with Crippen molar-refractivity contribution in [1.82, 2.24) is 15.5 Å². The molecule has 8 nitrogen and oxygen atoms in total. The number of aliphatic hydroxyl groups is 1. The van der Waals surface area contributed by atoms with Gasteiger partial charge >= 0.3 is 0 Å². The minimum atomic E-state index is -0.712. The lowest BCUT2D eigenvalue weighted by atomic mass is 10.2. The summed E-state index contributed by atoms with van der Waals surface area (Å²) in [5.41, 5.74) is 6.75. The number of rotatable bonds is 4. The molecule has 10 heteroatoms. The lowest BCUT2D eigenvalue weighted by Crippen LogP contribution is -2.50. The van der Waals surface area contributed by atoms with E-state index in [-0.39, 0.29) is 18.2 Å². The fourth-order valence-electron chi connectivity index (χ4n) is 3.53. The van der Waals surface area contributed by atoms with Crippen molar-refractivity contribution in [1.29, 1.82) is 0 Å². The van der Waals surface area contributed by atoms with Gasteiger partial charge in [-0.2, -0.15) is 0 Å². The third-order valence-electron chi connectivity index (χ3n) is 4.53. The molecule has 1 saturated carbocycles. The van der Waals surface area contributed by atoms with E-state index < -0.39 is 11.9 Å². The van der Waals surface area contributed by atoms with E-state index in [4.69, 9.17) is 21.1 Å². The van der Waals surface area contributed by atoms with Crippen molar-refractivity contribution in [2.24, 2.45) is 0 Å². The maximum atomic E-state index is 10.4. The molecule has 2 fully saturated rings. The van der Waals surface area contributed by atoms with Gasteiger partial charge < -0.3 is 14.6 Å². The minimum Gasteiger partial charge on any atom is -0.390 e. The zero-order valence-electron chi connectivity index (χ0n) is 14.3. The van der Waals surface area contributed by atoms with Crippen molar-refractivity contribution in [3.8, 4) is 0 Å². The highest BCUT2D eigenvalue weighted by Gasteiger charge is 2.56. The van der Waals surface area contributed by atoms with Gasteiger partial charge in [0.25, 0.3) is 0 Å². The summed E-state index contributed by atoms with van der Waals surface area (Å²) < 4.78 is 11.9. The van der Waals surface area contributed by atoms with Crippen LogP contribution in [0.4, 0.5) is 11.5 Å². The number of nitrogens with one attached hydrogen (secondary N) is 2. The van der Waals surface area contributed by atoms with Crippen LogP contribution in [0.15, 0.2) is 5.16 Å². The molecule has 2 aliphatic heterocycles. The second-order valence-electron chi connectivity index (χ2n) is 6.89. The first-order valence-electron chi connectivity index (χ1n) is 8.44. The summed E-state index contributed by atoms with van der Waals surface area (Å²) in [6, 6.07) is -0.134. The molecule has 3 aliphatic rings. The van der Waals surface area contributed by atoms with Gasteiger partial charge in [0.05, 0.1) is 12.1 Å². The summed E-state index contributed by atoms with van der Waals surface area (Å²) >= 11 is 7.88. The average Bonchev–Trinajstić information content (AvgIpc) is 3.18. The van der Waals surface area contributed by atoms with E-state index in [1.807, 2.05) is 18.9 Å². The largest absolute Gasteiger partial charge is 0.390 e. The number of halogens is 1. The van der Waals surface area contributed by atoms with E-state index in [2.05, 4.69) is 27.9 Å². The Labute approximate surface area is 155 Å². The van der Waals surface area contributed by atoms with Crippen LogP contribution in [0.2, 0.25) is 5.15 Å². The van der Waals surface area contributed by atoms with Crippen LogP contribution in [-0.2, 0) is 9.47 Å². The third kappa shape index (κ3) is 3.07. The van der Waals surface area contributed by atoms with Crippen molar-refractivity contribution < 1.29 is 14.6 Å². The Morgan fingerprint density at radius 2 is 2.12 bits per heavy atom. The molecule has 1 aromatic rings. The number of ether oxygens (including phenoxy) is 2. The molecule has 0 spiro atoms. The number of hydrazine groups is 2. The highest BCUT2D eigenvalue weighted by molar-refractivity contribution is 7.99. The Hall–Kier alpha value is -0.840. The van der Waals surface area contributed by atoms with Crippen LogP contribution in [0.25, 0.3) is 0 Å². The Balaban J connectivity index is 1.63. The first kappa shape index (κ1) is 17.6. The minimum absolute atomic E-state index is 0.134. The molecule has 0 amide bonds. The van der Waals surface area contributed by atoms with Crippen LogP contribution >= 0.6 is 23.4 Å². The molecule has 1 saturated heterocycles. The first-order chi connectivity index (χ1) is 11.9. The number of hydrogen-bond donors (Lipinski definition) is 3. The summed E-state index contributed by atoms with van der Waals surface area (Å²) in [6.45, 7) is 5.82. The molecule has 4 atom stereocenters. The van der Waals surface area contributed by atoms with E-state index in [9.17, 15) is 5.11 Å². The van der Waals surface area contributed by atoms with Gasteiger partial charge in [0.1, 0.15) is 17.9 Å². The number of anilines is 2. The van der Waals surface area contributed by atoms with Gasteiger partial charge in [0.15, 0.2) is 21.9 Å². The number of thioether (sulfide) groups is 1. The Morgan fingerprint density at radius 1 is 1.36 bits per heavy atom.